The Balaban J connectivity index is 3.25. The van der Waals surface area contributed by atoms with Crippen molar-refractivity contribution < 1.29 is 4.79 Å². The van der Waals surface area contributed by atoms with E-state index in [1.54, 1.807) is 4.90 Å². The number of carbonyl (C=O) groups excluding carboxylic acids is 1. The Morgan fingerprint density at radius 2 is 2.12 bits per heavy atom. The summed E-state index contributed by atoms with van der Waals surface area (Å²) in [7, 11) is 3.68. The number of hydrogen-bond donors (Lipinski definition) is 1. The molecule has 48 valence electrons. The molecule has 0 saturated heterocycles. The second kappa shape index (κ2) is 3.57. The molecule has 0 heterocycles. The van der Waals surface area contributed by atoms with E-state index in [1.165, 1.54) is 0 Å². The number of ketones is 1. The van der Waals surface area contributed by atoms with Crippen molar-refractivity contribution in [3.05, 3.63) is 0 Å². The predicted molar refractivity (Wildman–Crippen MR) is 32.6 cm³/mol. The van der Waals surface area contributed by atoms with Gasteiger partial charge in [-0.15, -0.1) is 0 Å². The van der Waals surface area contributed by atoms with Gasteiger partial charge in [-0.25, -0.2) is 0 Å². The van der Waals surface area contributed by atoms with Gasteiger partial charge in [-0.3, -0.25) is 4.79 Å². The molecule has 0 fully saturated rings. The minimum absolute atomic E-state index is 0.0787. The van der Waals surface area contributed by atoms with Crippen LogP contribution in [0.4, 0.5) is 0 Å². The first-order valence-electron chi connectivity index (χ1n) is 2.53. The van der Waals surface area contributed by atoms with Crippen molar-refractivity contribution in [2.75, 3.05) is 27.2 Å². The fourth-order valence-corrected chi connectivity index (χ4v) is 0.417. The number of carbonyl (C=O) groups is 1. The maximum atomic E-state index is 10.5. The SMILES string of the molecule is CN(C)CC(=O)CN. The van der Waals surface area contributed by atoms with Crippen LogP contribution in [0.1, 0.15) is 0 Å². The van der Waals surface area contributed by atoms with Crippen LogP contribution in [-0.4, -0.2) is 37.9 Å². The summed E-state index contributed by atoms with van der Waals surface area (Å²) < 4.78 is 0. The molecule has 0 amide bonds. The molecule has 0 rings (SSSR count). The smallest absolute Gasteiger partial charge is 0.160 e. The Kier molecular flexibility index (Phi) is 3.39. The lowest BCUT2D eigenvalue weighted by molar-refractivity contribution is -0.118. The third kappa shape index (κ3) is 3.77. The fraction of sp³-hybridized carbons (Fsp3) is 0.800. The Labute approximate surface area is 49.5 Å². The summed E-state index contributed by atoms with van der Waals surface area (Å²) in [6.45, 7) is 0.606. The monoisotopic (exact) mass is 116 g/mol. The predicted octanol–water partition coefficient (Wildman–Crippen LogP) is -0.924. The molecule has 0 aliphatic carbocycles. The molecule has 3 heteroatoms. The number of nitrogens with zero attached hydrogens (tertiary/aromatic N) is 1. The van der Waals surface area contributed by atoms with E-state index in [4.69, 9.17) is 5.73 Å². The highest BCUT2D eigenvalue weighted by Crippen LogP contribution is 1.72. The third-order valence-electron chi connectivity index (χ3n) is 0.720. The lowest BCUT2D eigenvalue weighted by Gasteiger charge is -2.05. The zero-order valence-corrected chi connectivity index (χ0v) is 5.35. The molecular formula is C5H12N2O. The van der Waals surface area contributed by atoms with Crippen molar-refractivity contribution >= 4 is 5.78 Å². The van der Waals surface area contributed by atoms with E-state index < -0.39 is 0 Å². The lowest BCUT2D eigenvalue weighted by Crippen LogP contribution is -2.27. The van der Waals surface area contributed by atoms with Crippen molar-refractivity contribution in [3.63, 3.8) is 0 Å². The molecule has 8 heavy (non-hydrogen) atoms. The minimum Gasteiger partial charge on any atom is -0.324 e. The zero-order chi connectivity index (χ0) is 6.57. The molecule has 0 aromatic heterocycles. The largest absolute Gasteiger partial charge is 0.324 e. The number of likely N-dealkylation sites (N-methyl/N-ethyl adjacent to an activating group) is 1. The quantitative estimate of drug-likeness (QED) is 0.518. The molecule has 0 unspecified atom stereocenters. The first kappa shape index (κ1) is 7.59. The minimum atomic E-state index is 0.0787. The fourth-order valence-electron chi connectivity index (χ4n) is 0.417. The molecule has 0 aromatic carbocycles. The van der Waals surface area contributed by atoms with Crippen LogP contribution in [0.2, 0.25) is 0 Å². The molecule has 0 aliphatic rings. The first-order chi connectivity index (χ1) is 3.66. The van der Waals surface area contributed by atoms with Gasteiger partial charge in [0.25, 0.3) is 0 Å². The van der Waals surface area contributed by atoms with E-state index in [9.17, 15) is 4.79 Å². The van der Waals surface area contributed by atoms with Crippen LogP contribution in [0, 0.1) is 0 Å². The van der Waals surface area contributed by atoms with Gasteiger partial charge in [0.15, 0.2) is 5.78 Å². The van der Waals surface area contributed by atoms with Gasteiger partial charge in [0.2, 0.25) is 0 Å². The van der Waals surface area contributed by atoms with Gasteiger partial charge in [0.05, 0.1) is 13.1 Å². The average molecular weight is 116 g/mol. The normalized spacial score (nSPS) is 10.0. The van der Waals surface area contributed by atoms with Crippen molar-refractivity contribution in [2.24, 2.45) is 5.73 Å². The molecule has 0 aromatic rings. The van der Waals surface area contributed by atoms with Crippen LogP contribution in [0.3, 0.4) is 0 Å². The molecular weight excluding hydrogens is 104 g/mol. The van der Waals surface area contributed by atoms with Gasteiger partial charge in [-0.05, 0) is 14.1 Å². The van der Waals surface area contributed by atoms with Gasteiger partial charge in [0.1, 0.15) is 0 Å². The number of Topliss-reactive ketones (excluding diaryl/α,β-unsaturated/α-hetero) is 1. The van der Waals surface area contributed by atoms with Crippen molar-refractivity contribution in [2.45, 2.75) is 0 Å². The lowest BCUT2D eigenvalue weighted by atomic mass is 10.4. The Hall–Kier alpha value is -0.410. The average Bonchev–Trinajstić information content (AvgIpc) is 1.65. The molecule has 0 aliphatic heterocycles. The third-order valence-corrected chi connectivity index (χ3v) is 0.720. The second-order valence-electron chi connectivity index (χ2n) is 1.98. The number of nitrogens with two attached hydrogens (primary N) is 1. The van der Waals surface area contributed by atoms with Crippen molar-refractivity contribution in [3.8, 4) is 0 Å². The highest BCUT2D eigenvalue weighted by Gasteiger charge is 1.97. The van der Waals surface area contributed by atoms with Gasteiger partial charge in [0, 0.05) is 0 Å². The standard InChI is InChI=1S/C5H12N2O/c1-7(2)4-5(8)3-6/h3-4,6H2,1-2H3. The van der Waals surface area contributed by atoms with Gasteiger partial charge >= 0.3 is 0 Å². The van der Waals surface area contributed by atoms with E-state index >= 15 is 0 Å². The maximum absolute atomic E-state index is 10.5. The first-order valence-corrected chi connectivity index (χ1v) is 2.53. The van der Waals surface area contributed by atoms with E-state index in [2.05, 4.69) is 0 Å². The summed E-state index contributed by atoms with van der Waals surface area (Å²) >= 11 is 0. The van der Waals surface area contributed by atoms with Gasteiger partial charge in [-0.1, -0.05) is 0 Å². The van der Waals surface area contributed by atoms with Crippen LogP contribution in [0.15, 0.2) is 0 Å². The van der Waals surface area contributed by atoms with Gasteiger partial charge < -0.3 is 10.6 Å². The topological polar surface area (TPSA) is 46.3 Å². The molecule has 0 saturated carbocycles. The molecule has 0 spiro atoms. The van der Waals surface area contributed by atoms with Crippen LogP contribution in [0.25, 0.3) is 0 Å². The van der Waals surface area contributed by atoms with Gasteiger partial charge in [-0.2, -0.15) is 0 Å². The summed E-state index contributed by atoms with van der Waals surface area (Å²) in [5.41, 5.74) is 5.04. The molecule has 0 bridgehead atoms. The van der Waals surface area contributed by atoms with Crippen molar-refractivity contribution in [1.29, 1.82) is 0 Å². The molecule has 0 atom stereocenters. The summed E-state index contributed by atoms with van der Waals surface area (Å²) in [5, 5.41) is 0. The second-order valence-corrected chi connectivity index (χ2v) is 1.98. The van der Waals surface area contributed by atoms with Crippen LogP contribution in [-0.2, 0) is 4.79 Å². The summed E-state index contributed by atoms with van der Waals surface area (Å²) in [5.74, 6) is 0.0787. The van der Waals surface area contributed by atoms with Crippen molar-refractivity contribution in [1.82, 2.24) is 4.90 Å². The van der Waals surface area contributed by atoms with Crippen LogP contribution < -0.4 is 5.73 Å². The zero-order valence-electron chi connectivity index (χ0n) is 5.35. The summed E-state index contributed by atoms with van der Waals surface area (Å²) in [6, 6.07) is 0. The van der Waals surface area contributed by atoms with E-state index in [0.29, 0.717) is 6.54 Å². The number of hydrogen-bond acceptors (Lipinski definition) is 3. The highest BCUT2D eigenvalue weighted by atomic mass is 16.1. The van der Waals surface area contributed by atoms with Crippen LogP contribution in [0.5, 0.6) is 0 Å². The van der Waals surface area contributed by atoms with E-state index in [1.807, 2.05) is 14.1 Å². The Morgan fingerprint density at radius 3 is 2.25 bits per heavy atom. The summed E-state index contributed by atoms with van der Waals surface area (Å²) in [6.07, 6.45) is 0. The molecule has 0 radical (unpaired) electrons. The van der Waals surface area contributed by atoms with E-state index in [0.717, 1.165) is 0 Å². The molecule has 2 N–H and O–H groups in total. The maximum Gasteiger partial charge on any atom is 0.160 e. The molecule has 3 nitrogen and oxygen atoms in total. The highest BCUT2D eigenvalue weighted by molar-refractivity contribution is 5.82. The number of rotatable bonds is 3. The van der Waals surface area contributed by atoms with E-state index in [-0.39, 0.29) is 12.3 Å². The Morgan fingerprint density at radius 1 is 1.62 bits per heavy atom. The Bertz CT molecular complexity index is 80.5. The summed E-state index contributed by atoms with van der Waals surface area (Å²) in [4.78, 5) is 12.3. The van der Waals surface area contributed by atoms with Crippen LogP contribution >= 0.6 is 0 Å².